The highest BCUT2D eigenvalue weighted by molar-refractivity contribution is 6.35. The van der Waals surface area contributed by atoms with Crippen molar-refractivity contribution in [3.8, 4) is 11.5 Å². The summed E-state index contributed by atoms with van der Waals surface area (Å²) in [6, 6.07) is 10.7. The van der Waals surface area contributed by atoms with Crippen LogP contribution in [0.5, 0.6) is 11.5 Å². The highest BCUT2D eigenvalue weighted by Gasteiger charge is 2.43. The van der Waals surface area contributed by atoms with Crippen LogP contribution >= 0.6 is 23.2 Å². The van der Waals surface area contributed by atoms with Gasteiger partial charge in [-0.2, -0.15) is 0 Å². The Morgan fingerprint density at radius 3 is 2.18 bits per heavy atom. The van der Waals surface area contributed by atoms with Gasteiger partial charge in [-0.25, -0.2) is 0 Å². The molecule has 0 spiro atoms. The van der Waals surface area contributed by atoms with Gasteiger partial charge in [0, 0.05) is 56.9 Å². The summed E-state index contributed by atoms with van der Waals surface area (Å²) in [5.41, 5.74) is 4.02. The van der Waals surface area contributed by atoms with Gasteiger partial charge in [-0.1, -0.05) is 35.3 Å². The van der Waals surface area contributed by atoms with Gasteiger partial charge >= 0.3 is 5.97 Å². The van der Waals surface area contributed by atoms with Gasteiger partial charge < -0.3 is 19.5 Å². The highest BCUT2D eigenvalue weighted by atomic mass is 35.5. The Kier molecular flexibility index (Phi) is 8.01. The summed E-state index contributed by atoms with van der Waals surface area (Å²) in [6.45, 7) is 2.19. The van der Waals surface area contributed by atoms with Crippen molar-refractivity contribution in [1.29, 1.82) is 0 Å². The molecule has 0 radical (unpaired) electrons. The van der Waals surface area contributed by atoms with Gasteiger partial charge in [0.15, 0.2) is 23.1 Å². The van der Waals surface area contributed by atoms with E-state index in [-0.39, 0.29) is 24.7 Å². The van der Waals surface area contributed by atoms with E-state index in [2.05, 4.69) is 0 Å². The van der Waals surface area contributed by atoms with Gasteiger partial charge in [-0.05, 0) is 62.4 Å². The summed E-state index contributed by atoms with van der Waals surface area (Å²) in [6.07, 6.45) is 3.24. The quantitative estimate of drug-likeness (QED) is 0.389. The molecule has 2 aromatic carbocycles. The van der Waals surface area contributed by atoms with E-state index in [1.165, 1.54) is 0 Å². The molecule has 1 N–H and O–H groups in total. The molecule has 0 saturated heterocycles. The van der Waals surface area contributed by atoms with Crippen molar-refractivity contribution in [1.82, 2.24) is 4.90 Å². The number of hydrogen-bond donors (Lipinski definition) is 1. The molecule has 7 nitrogen and oxygen atoms in total. The Balaban J connectivity index is 1.57. The van der Waals surface area contributed by atoms with Crippen molar-refractivity contribution in [2.45, 2.75) is 58.0 Å². The minimum atomic E-state index is -0.996. The van der Waals surface area contributed by atoms with E-state index in [1.807, 2.05) is 19.1 Å². The maximum Gasteiger partial charge on any atom is 0.323 e. The summed E-state index contributed by atoms with van der Waals surface area (Å²) in [5, 5.41) is 10.7. The van der Waals surface area contributed by atoms with E-state index in [1.54, 1.807) is 29.2 Å². The number of carbonyl (C=O) groups excluding carboxylic acids is 2. The van der Waals surface area contributed by atoms with Crippen LogP contribution in [0.25, 0.3) is 0 Å². The Hall–Kier alpha value is -3.29. The third-order valence-electron chi connectivity index (χ3n) is 7.38. The van der Waals surface area contributed by atoms with Gasteiger partial charge in [0.25, 0.3) is 0 Å². The lowest BCUT2D eigenvalue weighted by Crippen LogP contribution is -2.41. The fourth-order valence-corrected chi connectivity index (χ4v) is 6.22. The molecule has 204 valence electrons. The molecule has 0 saturated carbocycles. The normalized spacial score (nSPS) is 17.8. The molecule has 0 fully saturated rings. The van der Waals surface area contributed by atoms with Crippen LogP contribution < -0.4 is 9.47 Å². The third kappa shape index (κ3) is 5.43. The minimum Gasteiger partial charge on any atom is -0.490 e. The Labute approximate surface area is 237 Å². The maximum atomic E-state index is 13.4. The van der Waals surface area contributed by atoms with Gasteiger partial charge in [0.1, 0.15) is 13.2 Å². The number of rotatable bonds is 8. The number of benzene rings is 2. The Morgan fingerprint density at radius 2 is 1.59 bits per heavy atom. The van der Waals surface area contributed by atoms with Crippen molar-refractivity contribution in [2.24, 2.45) is 0 Å². The fourth-order valence-electron chi connectivity index (χ4n) is 5.76. The number of Topliss-reactive ketones (excluding diaryl/α,β-unsaturated/α-hetero) is 2. The monoisotopic (exact) mass is 569 g/mol. The molecule has 0 atom stereocenters. The van der Waals surface area contributed by atoms with Crippen molar-refractivity contribution >= 4 is 40.7 Å². The average molecular weight is 570 g/mol. The summed E-state index contributed by atoms with van der Waals surface area (Å²) in [5.74, 6) is -0.662. The lowest BCUT2D eigenvalue weighted by Gasteiger charge is -2.43. The number of aliphatic carboxylic acids is 1. The highest BCUT2D eigenvalue weighted by Crippen LogP contribution is 2.50. The third-order valence-corrected chi connectivity index (χ3v) is 7.97. The number of ether oxygens (including phenoxy) is 2. The van der Waals surface area contributed by atoms with Crippen molar-refractivity contribution in [2.75, 3.05) is 13.2 Å². The SMILES string of the molecule is CCOc1cc(C2C3=C(CCCC3=O)N(CC(=O)O)C3=C2C(=O)CCC3)ccc1OCc1ccc(Cl)cc1Cl. The summed E-state index contributed by atoms with van der Waals surface area (Å²) in [7, 11) is 0. The van der Waals surface area contributed by atoms with E-state index in [0.29, 0.717) is 77.8 Å². The van der Waals surface area contributed by atoms with E-state index in [0.717, 1.165) is 22.5 Å². The predicted molar refractivity (Wildman–Crippen MR) is 147 cm³/mol. The Morgan fingerprint density at radius 1 is 0.923 bits per heavy atom. The smallest absolute Gasteiger partial charge is 0.323 e. The van der Waals surface area contributed by atoms with Crippen LogP contribution in [0.15, 0.2) is 58.9 Å². The number of carboxylic acids is 1. The topological polar surface area (TPSA) is 93.1 Å². The largest absolute Gasteiger partial charge is 0.490 e. The molecule has 0 amide bonds. The first-order chi connectivity index (χ1) is 18.8. The van der Waals surface area contributed by atoms with Gasteiger partial charge in [0.2, 0.25) is 0 Å². The number of nitrogens with zero attached hydrogens (tertiary/aromatic N) is 1. The molecule has 1 aliphatic heterocycles. The zero-order chi connectivity index (χ0) is 27.7. The van der Waals surface area contributed by atoms with Gasteiger partial charge in [-0.15, -0.1) is 0 Å². The van der Waals surface area contributed by atoms with Crippen LogP contribution in [-0.2, 0) is 21.0 Å². The molecule has 0 aromatic heterocycles. The first-order valence-electron chi connectivity index (χ1n) is 13.1. The molecule has 2 aromatic rings. The molecule has 2 aliphatic carbocycles. The Bertz CT molecular complexity index is 1370. The molecular weight excluding hydrogens is 541 g/mol. The van der Waals surface area contributed by atoms with Crippen LogP contribution in [0.1, 0.15) is 62.5 Å². The molecule has 5 rings (SSSR count). The molecule has 0 unspecified atom stereocenters. The van der Waals surface area contributed by atoms with E-state index in [4.69, 9.17) is 32.7 Å². The van der Waals surface area contributed by atoms with Crippen LogP contribution in [0.3, 0.4) is 0 Å². The van der Waals surface area contributed by atoms with Gasteiger partial charge in [-0.3, -0.25) is 14.4 Å². The van der Waals surface area contributed by atoms with Crippen LogP contribution in [-0.4, -0.2) is 40.7 Å². The second-order valence-corrected chi connectivity index (χ2v) is 10.7. The van der Waals surface area contributed by atoms with Crippen LogP contribution in [0, 0.1) is 0 Å². The van der Waals surface area contributed by atoms with Crippen molar-refractivity contribution < 1.29 is 29.0 Å². The summed E-state index contributed by atoms with van der Waals surface area (Å²) in [4.78, 5) is 40.2. The number of halogens is 2. The number of hydrogen-bond acceptors (Lipinski definition) is 6. The molecule has 0 bridgehead atoms. The zero-order valence-electron chi connectivity index (χ0n) is 21.6. The molecular formula is C30H29Cl2NO6. The van der Waals surface area contributed by atoms with Crippen LogP contribution in [0.4, 0.5) is 0 Å². The predicted octanol–water partition coefficient (Wildman–Crippen LogP) is 6.47. The first-order valence-corrected chi connectivity index (χ1v) is 13.9. The number of carbonyl (C=O) groups is 3. The number of allylic oxidation sites excluding steroid dienone is 4. The van der Waals surface area contributed by atoms with E-state index < -0.39 is 11.9 Å². The standard InChI is InChI=1S/C30H29Cl2NO6/c1-2-38-26-13-17(10-12-25(26)39-16-18-9-11-19(31)14-20(18)32)28-29-21(5-3-7-23(29)34)33(15-27(36)37)22-6-4-8-24(35)30(22)28/h9-14,28H,2-8,15-16H2,1H3,(H,36,37). The van der Waals surface area contributed by atoms with Crippen molar-refractivity contribution in [3.63, 3.8) is 0 Å². The van der Waals surface area contributed by atoms with Crippen molar-refractivity contribution in [3.05, 3.63) is 80.1 Å². The molecule has 3 aliphatic rings. The second kappa shape index (κ2) is 11.4. The number of carboxylic acid groups (broad SMARTS) is 1. The average Bonchev–Trinajstić information content (AvgIpc) is 2.89. The molecule has 39 heavy (non-hydrogen) atoms. The van der Waals surface area contributed by atoms with Gasteiger partial charge in [0.05, 0.1) is 6.61 Å². The molecule has 1 heterocycles. The van der Waals surface area contributed by atoms with Crippen LogP contribution in [0.2, 0.25) is 10.0 Å². The zero-order valence-corrected chi connectivity index (χ0v) is 23.1. The lowest BCUT2D eigenvalue weighted by atomic mass is 9.71. The first kappa shape index (κ1) is 27.3. The fraction of sp³-hybridized carbons (Fsp3) is 0.367. The van der Waals surface area contributed by atoms with E-state index in [9.17, 15) is 19.5 Å². The lowest BCUT2D eigenvalue weighted by molar-refractivity contribution is -0.138. The second-order valence-electron chi connectivity index (χ2n) is 9.85. The number of ketones is 2. The summed E-state index contributed by atoms with van der Waals surface area (Å²) < 4.78 is 12.0. The summed E-state index contributed by atoms with van der Waals surface area (Å²) >= 11 is 12.3. The van der Waals surface area contributed by atoms with E-state index >= 15 is 0 Å². The molecule has 9 heteroatoms. The maximum absolute atomic E-state index is 13.4. The minimum absolute atomic E-state index is 0.0442.